The molecule has 1 unspecified atom stereocenters. The maximum atomic E-state index is 3.71. The monoisotopic (exact) mass is 665 g/mol. The Morgan fingerprint density at radius 3 is 2.29 bits per heavy atom. The first-order chi connectivity index (χ1) is 18.7. The first-order valence-electron chi connectivity index (χ1n) is 13.7. The predicted octanol–water partition coefficient (Wildman–Crippen LogP) is 3.92. The number of benzene rings is 5. The van der Waals surface area contributed by atoms with Crippen LogP contribution in [0.5, 0.6) is 0 Å². The van der Waals surface area contributed by atoms with Gasteiger partial charge in [0.25, 0.3) is 0 Å². The van der Waals surface area contributed by atoms with E-state index in [-0.39, 0.29) is 56.9 Å². The van der Waals surface area contributed by atoms with Crippen molar-refractivity contribution >= 4 is 26.4 Å². The molecule has 0 aromatic heterocycles. The van der Waals surface area contributed by atoms with Crippen LogP contribution in [0.3, 0.4) is 0 Å². The van der Waals surface area contributed by atoms with Crippen molar-refractivity contribution < 1.29 is 51.0 Å². The Morgan fingerprint density at radius 2 is 1.51 bits per heavy atom. The largest absolute Gasteiger partial charge is 3.00 e. The Balaban J connectivity index is 0.000000740. The van der Waals surface area contributed by atoms with Crippen LogP contribution in [0.1, 0.15) is 52.6 Å². The molecular formula is C37H33Cl2SiZr. The van der Waals surface area contributed by atoms with Crippen LogP contribution in [-0.4, -0.2) is 9.52 Å². The molecule has 0 N–H and O–H groups in total. The second-order valence-corrected chi connectivity index (χ2v) is 11.4. The summed E-state index contributed by atoms with van der Waals surface area (Å²) in [4.78, 5) is 0. The van der Waals surface area contributed by atoms with Crippen molar-refractivity contribution in [1.29, 1.82) is 0 Å². The molecule has 203 valence electrons. The summed E-state index contributed by atoms with van der Waals surface area (Å²) in [6.07, 6.45) is 4.52. The van der Waals surface area contributed by atoms with Gasteiger partial charge in [-0.05, 0) is 69.5 Å². The van der Waals surface area contributed by atoms with Gasteiger partial charge in [0.2, 0.25) is 0 Å². The number of hydrogen-bond donors (Lipinski definition) is 0. The smallest absolute Gasteiger partial charge is 1.00 e. The molecule has 0 nitrogen and oxygen atoms in total. The first-order valence-corrected chi connectivity index (χ1v) is 15.7. The number of hydrogen-bond acceptors (Lipinski definition) is 0. The number of allylic oxidation sites excluding steroid dienone is 1. The third kappa shape index (κ3) is 5.87. The number of halogens is 2. The molecule has 0 saturated heterocycles. The van der Waals surface area contributed by atoms with Crippen LogP contribution in [0.25, 0.3) is 39.1 Å². The summed E-state index contributed by atoms with van der Waals surface area (Å²) in [6.45, 7) is 8.85. The third-order valence-electron chi connectivity index (χ3n) is 8.07. The minimum Gasteiger partial charge on any atom is -1.00 e. The van der Waals surface area contributed by atoms with Crippen molar-refractivity contribution in [3.05, 3.63) is 136 Å². The van der Waals surface area contributed by atoms with Crippen LogP contribution in [0.15, 0.2) is 96.6 Å². The van der Waals surface area contributed by atoms with E-state index in [1.165, 1.54) is 72.0 Å². The van der Waals surface area contributed by atoms with Crippen molar-refractivity contribution in [3.8, 4) is 22.3 Å². The zero-order valence-electron chi connectivity index (χ0n) is 24.0. The van der Waals surface area contributed by atoms with E-state index in [9.17, 15) is 0 Å². The van der Waals surface area contributed by atoms with Gasteiger partial charge in [0.1, 0.15) is 0 Å². The van der Waals surface area contributed by atoms with Crippen LogP contribution in [0.4, 0.5) is 0 Å². The molecule has 0 saturated carbocycles. The number of rotatable bonds is 3. The molecule has 3 radical (unpaired) electrons. The Hall–Kier alpha value is -2.22. The fourth-order valence-electron chi connectivity index (χ4n) is 6.44. The Morgan fingerprint density at radius 1 is 0.805 bits per heavy atom. The summed E-state index contributed by atoms with van der Waals surface area (Å²) in [7, 11) is 1.08. The number of aryl methyl sites for hydroxylation is 1. The van der Waals surface area contributed by atoms with E-state index in [1.807, 2.05) is 0 Å². The Bertz CT molecular complexity index is 1710. The van der Waals surface area contributed by atoms with Crippen LogP contribution in [-0.2, 0) is 32.6 Å². The molecule has 0 bridgehead atoms. The average Bonchev–Trinajstić information content (AvgIpc) is 3.52. The van der Waals surface area contributed by atoms with Gasteiger partial charge in [0.05, 0.1) is 0 Å². The van der Waals surface area contributed by atoms with Gasteiger partial charge in [-0.15, -0.1) is 16.7 Å². The molecule has 41 heavy (non-hydrogen) atoms. The summed E-state index contributed by atoms with van der Waals surface area (Å²) in [5, 5.41) is 2.63. The molecule has 7 rings (SSSR count). The average molecular weight is 668 g/mol. The Kier molecular flexibility index (Phi) is 11.6. The van der Waals surface area contributed by atoms with E-state index >= 15 is 0 Å². The van der Waals surface area contributed by atoms with Gasteiger partial charge >= 0.3 is 26.2 Å². The van der Waals surface area contributed by atoms with E-state index in [0.717, 1.165) is 22.4 Å². The maximum Gasteiger partial charge on any atom is 3.00 e. The van der Waals surface area contributed by atoms with Crippen molar-refractivity contribution in [2.45, 2.75) is 45.7 Å². The van der Waals surface area contributed by atoms with Crippen molar-refractivity contribution in [2.24, 2.45) is 0 Å². The van der Waals surface area contributed by atoms with Crippen LogP contribution >= 0.6 is 0 Å². The SMILES string of the molecule is CCC1=Cc2c(-c3c(C)ccc4ccccc34)cccc2C1c1[c-]ccc2c1Cc1ccccc1-2.C[Si]C.[Cl-].[Cl-].[Zr+3]. The summed E-state index contributed by atoms with van der Waals surface area (Å²) < 4.78 is 0. The molecule has 2 aliphatic carbocycles. The van der Waals surface area contributed by atoms with E-state index in [4.69, 9.17) is 0 Å². The molecule has 0 spiro atoms. The molecule has 0 amide bonds. The van der Waals surface area contributed by atoms with Crippen LogP contribution < -0.4 is 24.8 Å². The van der Waals surface area contributed by atoms with E-state index in [0.29, 0.717) is 0 Å². The van der Waals surface area contributed by atoms with Crippen LogP contribution in [0, 0.1) is 13.0 Å². The fourth-order valence-corrected chi connectivity index (χ4v) is 6.44. The summed E-state index contributed by atoms with van der Waals surface area (Å²) in [6, 6.07) is 37.2. The molecule has 0 fully saturated rings. The predicted molar refractivity (Wildman–Crippen MR) is 165 cm³/mol. The fraction of sp³-hybridized carbons (Fsp3) is 0.189. The molecule has 4 heteroatoms. The van der Waals surface area contributed by atoms with Gasteiger partial charge in [-0.2, -0.15) is 18.2 Å². The Labute approximate surface area is 279 Å². The third-order valence-corrected chi connectivity index (χ3v) is 8.07. The normalized spacial score (nSPS) is 13.8. The topological polar surface area (TPSA) is 0 Å². The second-order valence-electron chi connectivity index (χ2n) is 10.4. The van der Waals surface area contributed by atoms with Crippen molar-refractivity contribution in [3.63, 3.8) is 0 Å². The first kappa shape index (κ1) is 33.3. The van der Waals surface area contributed by atoms with Gasteiger partial charge in [0.15, 0.2) is 0 Å². The minimum atomic E-state index is 0. The zero-order valence-corrected chi connectivity index (χ0v) is 29.0. The summed E-state index contributed by atoms with van der Waals surface area (Å²) in [5.74, 6) is 0.273. The van der Waals surface area contributed by atoms with Crippen molar-refractivity contribution in [2.75, 3.05) is 0 Å². The summed E-state index contributed by atoms with van der Waals surface area (Å²) in [5.41, 5.74) is 15.4. The molecule has 5 aromatic rings. The standard InChI is InChI=1S/C35H27.C2H6Si.2ClH.Zr/c1-3-23-20-33-29(34-22(2)18-19-24-10-4-7-13-27(24)34)15-9-17-31(33)35(23)30-16-8-14-28-26-12-6-5-11-25(26)21-32(28)30;1-3-2;;;/h4-15,17-20,35H,3,21H2,1-2H3;1-2H3;2*1H;/q-1;;;;+3/p-2. The van der Waals surface area contributed by atoms with Crippen molar-refractivity contribution in [1.82, 2.24) is 0 Å². The molecule has 0 heterocycles. The molecular weight excluding hydrogens is 635 g/mol. The zero-order chi connectivity index (χ0) is 26.2. The molecule has 2 aliphatic rings. The number of fused-ring (bicyclic) bond motifs is 5. The quantitative estimate of drug-likeness (QED) is 0.199. The summed E-state index contributed by atoms with van der Waals surface area (Å²) >= 11 is 0. The minimum absolute atomic E-state index is 0. The maximum absolute atomic E-state index is 3.71. The van der Waals surface area contributed by atoms with Crippen LogP contribution in [0.2, 0.25) is 13.1 Å². The van der Waals surface area contributed by atoms with Gasteiger partial charge in [-0.25, -0.2) is 0 Å². The van der Waals surface area contributed by atoms with Gasteiger partial charge in [-0.3, -0.25) is 0 Å². The second kappa shape index (κ2) is 14.3. The van der Waals surface area contributed by atoms with E-state index in [2.05, 4.69) is 130 Å². The van der Waals surface area contributed by atoms with Gasteiger partial charge < -0.3 is 24.8 Å². The van der Waals surface area contributed by atoms with E-state index < -0.39 is 0 Å². The van der Waals surface area contributed by atoms with E-state index in [1.54, 1.807) is 0 Å². The molecule has 1 atom stereocenters. The molecule has 5 aromatic carbocycles. The molecule has 0 aliphatic heterocycles. The van der Waals surface area contributed by atoms with Gasteiger partial charge in [-0.1, -0.05) is 111 Å². The van der Waals surface area contributed by atoms with Gasteiger partial charge in [0, 0.05) is 15.4 Å².